The largest absolute Gasteiger partial charge is 0.422 e. The lowest BCUT2D eigenvalue weighted by atomic mass is 10.1. The summed E-state index contributed by atoms with van der Waals surface area (Å²) in [5.41, 5.74) is 5.67. The van der Waals surface area contributed by atoms with Gasteiger partial charge < -0.3 is 9.30 Å². The van der Waals surface area contributed by atoms with Crippen molar-refractivity contribution in [1.82, 2.24) is 9.99 Å². The molecule has 6 nitrogen and oxygen atoms in total. The highest BCUT2D eigenvalue weighted by molar-refractivity contribution is 5.98. The fourth-order valence-electron chi connectivity index (χ4n) is 3.24. The maximum Gasteiger partial charge on any atom is 0.343 e. The van der Waals surface area contributed by atoms with Gasteiger partial charge in [-0.2, -0.15) is 5.10 Å². The summed E-state index contributed by atoms with van der Waals surface area (Å²) in [7, 11) is 0. The molecule has 1 aromatic heterocycles. The Balaban J connectivity index is 1.49. The van der Waals surface area contributed by atoms with Gasteiger partial charge in [-0.1, -0.05) is 42.5 Å². The average molecular weight is 423 g/mol. The fraction of sp³-hybridized carbons (Fsp3) is 0.0385. The lowest BCUT2D eigenvalue weighted by Crippen LogP contribution is -2.19. The number of amides is 1. The second-order valence-electron chi connectivity index (χ2n) is 7.05. The Kier molecular flexibility index (Phi) is 6.22. The molecule has 1 heterocycles. The number of ether oxygens (including phenoxy) is 1. The molecule has 4 aromatic rings. The van der Waals surface area contributed by atoms with Crippen LogP contribution in [-0.4, -0.2) is 22.7 Å². The van der Waals surface area contributed by atoms with Gasteiger partial charge in [0.1, 0.15) is 5.75 Å². The number of aromatic nitrogens is 1. The maximum absolute atomic E-state index is 12.7. The van der Waals surface area contributed by atoms with Crippen LogP contribution >= 0.6 is 0 Å². The SMILES string of the molecule is Cc1ccccc1C(=O)Oc1ccccc1C=NNC(=O)c1ccccc1-n1cccc1. The monoisotopic (exact) mass is 423 g/mol. The topological polar surface area (TPSA) is 72.7 Å². The van der Waals surface area contributed by atoms with Crippen LogP contribution in [0.5, 0.6) is 5.75 Å². The lowest BCUT2D eigenvalue weighted by molar-refractivity contribution is 0.0733. The Morgan fingerprint density at radius 3 is 2.28 bits per heavy atom. The second kappa shape index (κ2) is 9.57. The van der Waals surface area contributed by atoms with Crippen LogP contribution in [0.25, 0.3) is 5.69 Å². The molecule has 1 N–H and O–H groups in total. The molecule has 32 heavy (non-hydrogen) atoms. The molecular formula is C26H21N3O3. The number of hydrogen-bond donors (Lipinski definition) is 1. The first-order chi connectivity index (χ1) is 15.6. The molecule has 6 heteroatoms. The molecule has 0 saturated carbocycles. The molecule has 1 amide bonds. The number of para-hydroxylation sites is 2. The number of carbonyl (C=O) groups is 2. The summed E-state index contributed by atoms with van der Waals surface area (Å²) in [5.74, 6) is -0.444. The second-order valence-corrected chi connectivity index (χ2v) is 7.05. The number of hydrazone groups is 1. The first-order valence-electron chi connectivity index (χ1n) is 10.1. The third-order valence-electron chi connectivity index (χ3n) is 4.89. The van der Waals surface area contributed by atoms with Crippen molar-refractivity contribution in [1.29, 1.82) is 0 Å². The maximum atomic E-state index is 12.7. The third kappa shape index (κ3) is 4.65. The Morgan fingerprint density at radius 2 is 1.50 bits per heavy atom. The summed E-state index contributed by atoms with van der Waals surface area (Å²) in [5, 5.41) is 4.07. The normalized spacial score (nSPS) is 10.8. The van der Waals surface area contributed by atoms with Crippen molar-refractivity contribution in [3.8, 4) is 11.4 Å². The van der Waals surface area contributed by atoms with Crippen LogP contribution in [0.2, 0.25) is 0 Å². The van der Waals surface area contributed by atoms with Gasteiger partial charge in [0.05, 0.1) is 23.0 Å². The Hall–Kier alpha value is -4.45. The number of aryl methyl sites for hydroxylation is 1. The van der Waals surface area contributed by atoms with Gasteiger partial charge in [0, 0.05) is 18.0 Å². The van der Waals surface area contributed by atoms with Crippen LogP contribution in [0, 0.1) is 6.92 Å². The van der Waals surface area contributed by atoms with E-state index in [1.165, 1.54) is 6.21 Å². The standard InChI is InChI=1S/C26H21N3O3/c1-19-10-2-4-12-21(19)26(31)32-24-15-7-3-11-20(24)18-27-28-25(30)22-13-5-6-14-23(22)29-16-8-9-17-29/h2-18H,1H3,(H,28,30). The molecule has 3 aromatic carbocycles. The van der Waals surface area contributed by atoms with Crippen LogP contribution in [0.1, 0.15) is 31.8 Å². The zero-order chi connectivity index (χ0) is 22.3. The van der Waals surface area contributed by atoms with Crippen molar-refractivity contribution in [2.45, 2.75) is 6.92 Å². The predicted octanol–water partition coefficient (Wildman–Crippen LogP) is 4.77. The van der Waals surface area contributed by atoms with Crippen molar-refractivity contribution in [2.24, 2.45) is 5.10 Å². The van der Waals surface area contributed by atoms with Gasteiger partial charge >= 0.3 is 5.97 Å². The van der Waals surface area contributed by atoms with Gasteiger partial charge in [-0.05, 0) is 55.0 Å². The average Bonchev–Trinajstić information content (AvgIpc) is 3.35. The molecule has 0 atom stereocenters. The molecule has 0 radical (unpaired) electrons. The number of esters is 1. The van der Waals surface area contributed by atoms with Crippen molar-refractivity contribution in [2.75, 3.05) is 0 Å². The summed E-state index contributed by atoms with van der Waals surface area (Å²) in [6, 6.07) is 25.3. The Labute approximate surface area is 185 Å². The van der Waals surface area contributed by atoms with Crippen LogP contribution < -0.4 is 10.2 Å². The molecular weight excluding hydrogens is 402 g/mol. The zero-order valence-electron chi connectivity index (χ0n) is 17.4. The minimum Gasteiger partial charge on any atom is -0.422 e. The van der Waals surface area contributed by atoms with E-state index in [1.807, 2.05) is 60.3 Å². The number of rotatable bonds is 6. The van der Waals surface area contributed by atoms with E-state index in [4.69, 9.17) is 4.74 Å². The quantitative estimate of drug-likeness (QED) is 0.210. The van der Waals surface area contributed by atoms with E-state index >= 15 is 0 Å². The van der Waals surface area contributed by atoms with E-state index in [1.54, 1.807) is 48.5 Å². The van der Waals surface area contributed by atoms with Crippen LogP contribution in [-0.2, 0) is 0 Å². The smallest absolute Gasteiger partial charge is 0.343 e. The lowest BCUT2D eigenvalue weighted by Gasteiger charge is -2.10. The van der Waals surface area contributed by atoms with Gasteiger partial charge in [0.15, 0.2) is 0 Å². The summed E-state index contributed by atoms with van der Waals surface area (Å²) in [6.45, 7) is 1.85. The summed E-state index contributed by atoms with van der Waals surface area (Å²) < 4.78 is 7.44. The molecule has 0 aliphatic heterocycles. The van der Waals surface area contributed by atoms with Crippen molar-refractivity contribution >= 4 is 18.1 Å². The van der Waals surface area contributed by atoms with Crippen LogP contribution in [0.3, 0.4) is 0 Å². The summed E-state index contributed by atoms with van der Waals surface area (Å²) in [4.78, 5) is 25.3. The molecule has 0 saturated heterocycles. The van der Waals surface area contributed by atoms with Gasteiger partial charge in [0.2, 0.25) is 0 Å². The number of hydrogen-bond acceptors (Lipinski definition) is 4. The van der Waals surface area contributed by atoms with Gasteiger partial charge in [0.25, 0.3) is 5.91 Å². The highest BCUT2D eigenvalue weighted by atomic mass is 16.5. The van der Waals surface area contributed by atoms with Gasteiger partial charge in [-0.25, -0.2) is 10.2 Å². The zero-order valence-corrected chi connectivity index (χ0v) is 17.4. The third-order valence-corrected chi connectivity index (χ3v) is 4.89. The summed E-state index contributed by atoms with van der Waals surface area (Å²) >= 11 is 0. The highest BCUT2D eigenvalue weighted by Gasteiger charge is 2.13. The Bertz CT molecular complexity index is 1280. The fourth-order valence-corrected chi connectivity index (χ4v) is 3.24. The number of nitrogens with one attached hydrogen (secondary N) is 1. The van der Waals surface area contributed by atoms with Crippen molar-refractivity contribution in [3.63, 3.8) is 0 Å². The first kappa shape index (κ1) is 20.8. The predicted molar refractivity (Wildman–Crippen MR) is 123 cm³/mol. The van der Waals surface area contributed by atoms with E-state index in [0.29, 0.717) is 22.4 Å². The van der Waals surface area contributed by atoms with Crippen molar-refractivity contribution in [3.05, 3.63) is 120 Å². The van der Waals surface area contributed by atoms with E-state index in [2.05, 4.69) is 10.5 Å². The van der Waals surface area contributed by atoms with Gasteiger partial charge in [-0.3, -0.25) is 4.79 Å². The molecule has 158 valence electrons. The van der Waals surface area contributed by atoms with Gasteiger partial charge in [-0.15, -0.1) is 0 Å². The van der Waals surface area contributed by atoms with E-state index in [9.17, 15) is 9.59 Å². The number of carbonyl (C=O) groups excluding carboxylic acids is 2. The summed E-state index contributed by atoms with van der Waals surface area (Å²) in [6.07, 6.45) is 5.19. The number of benzene rings is 3. The molecule has 0 spiro atoms. The number of nitrogens with zero attached hydrogens (tertiary/aromatic N) is 2. The molecule has 0 fully saturated rings. The van der Waals surface area contributed by atoms with Crippen molar-refractivity contribution < 1.29 is 14.3 Å². The van der Waals surface area contributed by atoms with Crippen LogP contribution in [0.4, 0.5) is 0 Å². The molecule has 0 bridgehead atoms. The minimum atomic E-state index is -0.450. The van der Waals surface area contributed by atoms with E-state index < -0.39 is 5.97 Å². The first-order valence-corrected chi connectivity index (χ1v) is 10.1. The molecule has 0 aliphatic rings. The molecule has 4 rings (SSSR count). The van der Waals surface area contributed by atoms with E-state index in [0.717, 1.165) is 11.3 Å². The molecule has 0 aliphatic carbocycles. The molecule has 0 unspecified atom stereocenters. The van der Waals surface area contributed by atoms with E-state index in [-0.39, 0.29) is 5.91 Å². The minimum absolute atomic E-state index is 0.347. The van der Waals surface area contributed by atoms with Crippen LogP contribution in [0.15, 0.2) is 102 Å². The highest BCUT2D eigenvalue weighted by Crippen LogP contribution is 2.19. The Morgan fingerprint density at radius 1 is 0.844 bits per heavy atom.